The number of piperidine rings is 1. The Hall–Kier alpha value is 0.1000. The number of nitrogens with zero attached hydrogens (tertiary/aromatic N) is 1. The van der Waals surface area contributed by atoms with Crippen molar-refractivity contribution in [2.24, 2.45) is 0 Å². The summed E-state index contributed by atoms with van der Waals surface area (Å²) >= 11 is 5.24. The molecule has 0 spiro atoms. The van der Waals surface area contributed by atoms with Gasteiger partial charge in [0.25, 0.3) is 0 Å². The average molecular weight is 302 g/mol. The molecule has 1 aromatic rings. The van der Waals surface area contributed by atoms with Gasteiger partial charge >= 0.3 is 0 Å². The van der Waals surface area contributed by atoms with Gasteiger partial charge in [-0.3, -0.25) is 4.90 Å². The van der Waals surface area contributed by atoms with E-state index >= 15 is 0 Å². The summed E-state index contributed by atoms with van der Waals surface area (Å²) < 4.78 is 1.08. The van der Waals surface area contributed by atoms with E-state index in [-0.39, 0.29) is 0 Å². The lowest BCUT2D eigenvalue weighted by Gasteiger charge is -2.37. The van der Waals surface area contributed by atoms with Crippen LogP contribution in [0.15, 0.2) is 15.9 Å². The van der Waals surface area contributed by atoms with E-state index in [1.165, 1.54) is 12.8 Å². The van der Waals surface area contributed by atoms with Gasteiger partial charge in [-0.2, -0.15) is 0 Å². The van der Waals surface area contributed by atoms with Crippen molar-refractivity contribution in [3.8, 4) is 0 Å². The van der Waals surface area contributed by atoms with Crippen molar-refractivity contribution >= 4 is 27.3 Å². The summed E-state index contributed by atoms with van der Waals surface area (Å²) in [7, 11) is 0. The second-order valence-electron chi connectivity index (χ2n) is 4.82. The molecule has 0 saturated carbocycles. The molecule has 16 heavy (non-hydrogen) atoms. The van der Waals surface area contributed by atoms with Crippen LogP contribution in [0.5, 0.6) is 0 Å². The summed E-state index contributed by atoms with van der Waals surface area (Å²) in [4.78, 5) is 3.59. The smallest absolute Gasteiger partial charge is 0.116 e. The summed E-state index contributed by atoms with van der Waals surface area (Å²) in [6.07, 6.45) is 4.57. The molecular formula is C12H16BrNOS. The highest BCUT2D eigenvalue weighted by molar-refractivity contribution is 9.10. The van der Waals surface area contributed by atoms with Crippen LogP contribution in [0, 0.1) is 0 Å². The molecule has 0 aliphatic carbocycles. The molecule has 3 rings (SSSR count). The fourth-order valence-electron chi connectivity index (χ4n) is 3.15. The van der Waals surface area contributed by atoms with Crippen LogP contribution in [-0.2, 0) is 5.60 Å². The lowest BCUT2D eigenvalue weighted by molar-refractivity contribution is -0.0113. The van der Waals surface area contributed by atoms with E-state index in [1.807, 2.05) is 6.07 Å². The monoisotopic (exact) mass is 301 g/mol. The predicted molar refractivity (Wildman–Crippen MR) is 69.7 cm³/mol. The summed E-state index contributed by atoms with van der Waals surface area (Å²) in [6, 6.07) is 2.39. The number of hydrogen-bond donors (Lipinski definition) is 1. The lowest BCUT2D eigenvalue weighted by atomic mass is 9.87. The van der Waals surface area contributed by atoms with Gasteiger partial charge in [-0.25, -0.2) is 0 Å². The third-order valence-corrected chi connectivity index (χ3v) is 5.96. The average Bonchev–Trinajstić information content (AvgIpc) is 2.86. The van der Waals surface area contributed by atoms with Crippen LogP contribution < -0.4 is 0 Å². The maximum absolute atomic E-state index is 11.0. The number of thiophene rings is 1. The molecule has 3 heterocycles. The molecule has 2 aliphatic rings. The van der Waals surface area contributed by atoms with E-state index in [0.717, 1.165) is 35.3 Å². The van der Waals surface area contributed by atoms with E-state index in [4.69, 9.17) is 0 Å². The molecule has 0 aromatic carbocycles. The summed E-state index contributed by atoms with van der Waals surface area (Å²) in [5.74, 6) is 0. The Morgan fingerprint density at radius 1 is 1.44 bits per heavy atom. The number of aliphatic hydroxyl groups is 1. The third kappa shape index (κ3) is 1.58. The number of halogens is 1. The first-order valence-electron chi connectivity index (χ1n) is 5.92. The van der Waals surface area contributed by atoms with Gasteiger partial charge in [0.1, 0.15) is 5.60 Å². The van der Waals surface area contributed by atoms with E-state index < -0.39 is 5.60 Å². The van der Waals surface area contributed by atoms with Gasteiger partial charge in [-0.15, -0.1) is 11.3 Å². The van der Waals surface area contributed by atoms with E-state index in [2.05, 4.69) is 26.2 Å². The van der Waals surface area contributed by atoms with E-state index in [9.17, 15) is 5.11 Å². The predicted octanol–water partition coefficient (Wildman–Crippen LogP) is 2.96. The fourth-order valence-corrected chi connectivity index (χ4v) is 5.04. The van der Waals surface area contributed by atoms with E-state index in [0.29, 0.717) is 6.04 Å². The third-order valence-electron chi connectivity index (χ3n) is 3.96. The Kier molecular flexibility index (Phi) is 2.86. The lowest BCUT2D eigenvalue weighted by Crippen LogP contribution is -2.44. The molecule has 0 bridgehead atoms. The van der Waals surface area contributed by atoms with Crippen LogP contribution >= 0.6 is 27.3 Å². The minimum Gasteiger partial charge on any atom is -0.383 e. The van der Waals surface area contributed by atoms with Crippen molar-refractivity contribution in [3.63, 3.8) is 0 Å². The van der Waals surface area contributed by atoms with Crippen LogP contribution in [0.25, 0.3) is 0 Å². The maximum Gasteiger partial charge on any atom is 0.116 e. The highest BCUT2D eigenvalue weighted by Gasteiger charge is 2.49. The maximum atomic E-state index is 11.0. The van der Waals surface area contributed by atoms with Gasteiger partial charge in [0.2, 0.25) is 0 Å². The standard InChI is InChI=1S/C12H16BrNOS/c13-9-4-8-16-11(9)12(15)5-7-14-6-2-1-3-10(12)14/h4,8,10,15H,1-3,5-7H2. The zero-order chi connectivity index (χ0) is 11.2. The van der Waals surface area contributed by atoms with E-state index in [1.54, 1.807) is 11.3 Å². The van der Waals surface area contributed by atoms with Crippen molar-refractivity contribution in [2.45, 2.75) is 37.3 Å². The molecule has 0 amide bonds. The minimum atomic E-state index is -0.604. The Morgan fingerprint density at radius 2 is 2.31 bits per heavy atom. The van der Waals surface area contributed by atoms with Crippen molar-refractivity contribution in [1.29, 1.82) is 0 Å². The molecule has 0 radical (unpaired) electrons. The first kappa shape index (κ1) is 11.2. The van der Waals surface area contributed by atoms with Gasteiger partial charge in [-0.1, -0.05) is 6.42 Å². The van der Waals surface area contributed by atoms with Crippen molar-refractivity contribution in [3.05, 3.63) is 20.8 Å². The number of hydrogen-bond acceptors (Lipinski definition) is 3. The van der Waals surface area contributed by atoms with Crippen molar-refractivity contribution in [1.82, 2.24) is 4.90 Å². The first-order valence-corrected chi connectivity index (χ1v) is 7.59. The second kappa shape index (κ2) is 4.09. The SMILES string of the molecule is OC1(c2sccc2Br)CCN2CCCCC21. The molecule has 2 fully saturated rings. The quantitative estimate of drug-likeness (QED) is 0.862. The molecular weight excluding hydrogens is 286 g/mol. The molecule has 2 aliphatic heterocycles. The van der Waals surface area contributed by atoms with Crippen LogP contribution in [0.2, 0.25) is 0 Å². The van der Waals surface area contributed by atoms with Gasteiger partial charge in [0.05, 0.1) is 4.88 Å². The molecule has 4 heteroatoms. The molecule has 2 saturated heterocycles. The highest BCUT2D eigenvalue weighted by Crippen LogP contribution is 2.46. The molecule has 88 valence electrons. The first-order chi connectivity index (χ1) is 7.72. The largest absolute Gasteiger partial charge is 0.383 e. The zero-order valence-corrected chi connectivity index (χ0v) is 11.6. The Balaban J connectivity index is 1.96. The molecule has 2 nitrogen and oxygen atoms in total. The van der Waals surface area contributed by atoms with Gasteiger partial charge in [0, 0.05) is 17.1 Å². The minimum absolute atomic E-state index is 0.344. The van der Waals surface area contributed by atoms with Crippen LogP contribution in [0.1, 0.15) is 30.6 Å². The van der Waals surface area contributed by atoms with Crippen LogP contribution in [0.3, 0.4) is 0 Å². The Labute approximate surface area is 108 Å². The highest BCUT2D eigenvalue weighted by atomic mass is 79.9. The topological polar surface area (TPSA) is 23.5 Å². The fraction of sp³-hybridized carbons (Fsp3) is 0.667. The van der Waals surface area contributed by atoms with Crippen molar-refractivity contribution < 1.29 is 5.11 Å². The van der Waals surface area contributed by atoms with Crippen LogP contribution in [-0.4, -0.2) is 29.1 Å². The van der Waals surface area contributed by atoms with Gasteiger partial charge in [0.15, 0.2) is 0 Å². The number of rotatable bonds is 1. The van der Waals surface area contributed by atoms with Crippen molar-refractivity contribution in [2.75, 3.05) is 13.1 Å². The molecule has 1 aromatic heterocycles. The Morgan fingerprint density at radius 3 is 3.06 bits per heavy atom. The normalized spacial score (nSPS) is 35.2. The summed E-state index contributed by atoms with van der Waals surface area (Å²) in [5.41, 5.74) is -0.604. The van der Waals surface area contributed by atoms with Gasteiger partial charge in [-0.05, 0) is 53.2 Å². The summed E-state index contributed by atoms with van der Waals surface area (Å²) in [6.45, 7) is 2.21. The molecule has 2 atom stereocenters. The number of fused-ring (bicyclic) bond motifs is 1. The molecule has 1 N–H and O–H groups in total. The Bertz CT molecular complexity index is 394. The second-order valence-corrected chi connectivity index (χ2v) is 6.59. The molecule has 2 unspecified atom stereocenters. The van der Waals surface area contributed by atoms with Gasteiger partial charge < -0.3 is 5.11 Å². The summed E-state index contributed by atoms with van der Waals surface area (Å²) in [5, 5.41) is 13.0. The zero-order valence-electron chi connectivity index (χ0n) is 9.16. The van der Waals surface area contributed by atoms with Crippen LogP contribution in [0.4, 0.5) is 0 Å².